The van der Waals surface area contributed by atoms with Gasteiger partial charge < -0.3 is 19.0 Å². The van der Waals surface area contributed by atoms with E-state index in [1.165, 1.54) is 6.26 Å². The van der Waals surface area contributed by atoms with Crippen LogP contribution in [-0.2, 0) is 23.9 Å². The number of aliphatic hydroxyl groups excluding tert-OH is 1. The molecule has 3 aliphatic rings. The highest BCUT2D eigenvalue weighted by Crippen LogP contribution is 2.60. The summed E-state index contributed by atoms with van der Waals surface area (Å²) in [5.74, 6) is -2.91. The summed E-state index contributed by atoms with van der Waals surface area (Å²) >= 11 is 0. The highest BCUT2D eigenvalue weighted by molar-refractivity contribution is 5.92. The van der Waals surface area contributed by atoms with Crippen molar-refractivity contribution in [1.29, 1.82) is 0 Å². The van der Waals surface area contributed by atoms with Crippen LogP contribution in [0.3, 0.4) is 0 Å². The summed E-state index contributed by atoms with van der Waals surface area (Å²) in [4.78, 5) is 38.8. The minimum Gasteiger partial charge on any atom is -0.472 e. The highest BCUT2D eigenvalue weighted by Gasteiger charge is 2.62. The van der Waals surface area contributed by atoms with Crippen molar-refractivity contribution in [1.82, 2.24) is 0 Å². The topological polar surface area (TPSA) is 103 Å². The first-order valence-electron chi connectivity index (χ1n) is 10.9. The zero-order chi connectivity index (χ0) is 21.5. The standard InChI is InChI=1S/C23H30O7/c1-3-4-6-29-21(26)15-8-14(24)9-16-20(15)18(25)10-17-22(27)30-19(11-23(16,17)2)13-5-7-28-12-13/h5,7,12,14-17,19-20,24H,3-4,6,8-11H2,1-2H3/t14-,15+,16+,17+,19-,20+,23-/m0/s1. The van der Waals surface area contributed by atoms with Crippen molar-refractivity contribution in [3.8, 4) is 0 Å². The Balaban J connectivity index is 1.63. The van der Waals surface area contributed by atoms with E-state index in [1.54, 1.807) is 12.3 Å². The number of carbonyl (C=O) groups is 3. The van der Waals surface area contributed by atoms with Crippen LogP contribution in [0.25, 0.3) is 0 Å². The molecule has 4 rings (SSSR count). The minimum atomic E-state index is -0.705. The summed E-state index contributed by atoms with van der Waals surface area (Å²) < 4.78 is 16.2. The van der Waals surface area contributed by atoms with Gasteiger partial charge in [-0.2, -0.15) is 0 Å². The molecule has 1 N–H and O–H groups in total. The number of carbonyl (C=O) groups excluding carboxylic acids is 3. The van der Waals surface area contributed by atoms with Crippen LogP contribution in [0.5, 0.6) is 0 Å². The molecule has 0 unspecified atom stereocenters. The molecule has 30 heavy (non-hydrogen) atoms. The number of esters is 2. The Hall–Kier alpha value is -2.15. The number of cyclic esters (lactones) is 1. The van der Waals surface area contributed by atoms with Crippen molar-refractivity contribution >= 4 is 17.7 Å². The molecule has 0 radical (unpaired) electrons. The molecule has 2 heterocycles. The van der Waals surface area contributed by atoms with Gasteiger partial charge in [-0.15, -0.1) is 0 Å². The molecular weight excluding hydrogens is 388 g/mol. The van der Waals surface area contributed by atoms with Gasteiger partial charge in [0.2, 0.25) is 0 Å². The van der Waals surface area contributed by atoms with E-state index >= 15 is 0 Å². The average Bonchev–Trinajstić information content (AvgIpc) is 3.24. The van der Waals surface area contributed by atoms with Gasteiger partial charge in [0.1, 0.15) is 11.9 Å². The van der Waals surface area contributed by atoms with E-state index in [9.17, 15) is 19.5 Å². The van der Waals surface area contributed by atoms with Gasteiger partial charge >= 0.3 is 11.9 Å². The lowest BCUT2D eigenvalue weighted by molar-refractivity contribution is -0.197. The number of Topliss-reactive ketones (excluding diaryl/α,β-unsaturated/α-hetero) is 1. The number of rotatable bonds is 5. The van der Waals surface area contributed by atoms with Crippen LogP contribution in [0.2, 0.25) is 0 Å². The van der Waals surface area contributed by atoms with Gasteiger partial charge in [-0.3, -0.25) is 14.4 Å². The molecule has 1 aromatic rings. The van der Waals surface area contributed by atoms with Crippen LogP contribution < -0.4 is 0 Å². The van der Waals surface area contributed by atoms with E-state index < -0.39 is 41.3 Å². The number of fused-ring (bicyclic) bond motifs is 3. The van der Waals surface area contributed by atoms with E-state index in [2.05, 4.69) is 0 Å². The van der Waals surface area contributed by atoms with Crippen LogP contribution >= 0.6 is 0 Å². The lowest BCUT2D eigenvalue weighted by atomic mass is 9.48. The van der Waals surface area contributed by atoms with Crippen LogP contribution in [0.4, 0.5) is 0 Å². The van der Waals surface area contributed by atoms with Gasteiger partial charge in [-0.25, -0.2) is 0 Å². The molecule has 7 heteroatoms. The van der Waals surface area contributed by atoms with Crippen molar-refractivity contribution < 1.29 is 33.4 Å². The summed E-state index contributed by atoms with van der Waals surface area (Å²) in [5.41, 5.74) is 0.225. The highest BCUT2D eigenvalue weighted by atomic mass is 16.5. The van der Waals surface area contributed by atoms with E-state index in [0.29, 0.717) is 19.4 Å². The Morgan fingerprint density at radius 3 is 2.83 bits per heavy atom. The van der Waals surface area contributed by atoms with Crippen molar-refractivity contribution in [2.45, 2.75) is 64.6 Å². The second-order valence-corrected chi connectivity index (χ2v) is 9.30. The molecule has 0 bridgehead atoms. The summed E-state index contributed by atoms with van der Waals surface area (Å²) in [6.45, 7) is 4.34. The zero-order valence-corrected chi connectivity index (χ0v) is 17.5. The molecule has 164 valence electrons. The molecule has 7 nitrogen and oxygen atoms in total. The minimum absolute atomic E-state index is 0.0729. The predicted octanol–water partition coefficient (Wildman–Crippen LogP) is 3.21. The molecule has 2 aliphatic carbocycles. The first-order chi connectivity index (χ1) is 14.3. The number of ether oxygens (including phenoxy) is 2. The molecule has 1 aliphatic heterocycles. The Labute approximate surface area is 176 Å². The third kappa shape index (κ3) is 3.57. The Morgan fingerprint density at radius 2 is 2.13 bits per heavy atom. The zero-order valence-electron chi connectivity index (χ0n) is 17.5. The van der Waals surface area contributed by atoms with Crippen molar-refractivity contribution in [2.75, 3.05) is 6.61 Å². The van der Waals surface area contributed by atoms with Gasteiger partial charge in [0.25, 0.3) is 0 Å². The fourth-order valence-corrected chi connectivity index (χ4v) is 5.83. The Morgan fingerprint density at radius 1 is 1.33 bits per heavy atom. The van der Waals surface area contributed by atoms with Gasteiger partial charge in [0, 0.05) is 17.9 Å². The van der Waals surface area contributed by atoms with Gasteiger partial charge in [-0.1, -0.05) is 20.3 Å². The Kier molecular flexibility index (Phi) is 5.75. The number of furan rings is 1. The predicted molar refractivity (Wildman–Crippen MR) is 105 cm³/mol. The molecule has 0 spiro atoms. The molecule has 1 aromatic heterocycles. The molecule has 2 saturated carbocycles. The second kappa shape index (κ2) is 8.17. The summed E-state index contributed by atoms with van der Waals surface area (Å²) in [6, 6.07) is 1.77. The van der Waals surface area contributed by atoms with Crippen molar-refractivity contribution in [3.63, 3.8) is 0 Å². The maximum atomic E-state index is 13.1. The van der Waals surface area contributed by atoms with E-state index in [0.717, 1.165) is 18.4 Å². The largest absolute Gasteiger partial charge is 0.472 e. The number of aliphatic hydroxyl groups is 1. The van der Waals surface area contributed by atoms with Crippen LogP contribution in [0.1, 0.15) is 64.0 Å². The van der Waals surface area contributed by atoms with E-state index in [1.807, 2.05) is 13.8 Å². The van der Waals surface area contributed by atoms with E-state index in [4.69, 9.17) is 13.9 Å². The molecule has 0 amide bonds. The molecular formula is C23H30O7. The molecule has 3 fully saturated rings. The fraction of sp³-hybridized carbons (Fsp3) is 0.696. The van der Waals surface area contributed by atoms with Crippen LogP contribution in [0.15, 0.2) is 23.0 Å². The third-order valence-corrected chi connectivity index (χ3v) is 7.47. The van der Waals surface area contributed by atoms with Gasteiger partial charge in [-0.05, 0) is 43.1 Å². The SMILES string of the molecule is CCCCOC(=O)[C@@H]1C[C@H](O)C[C@@H]2[C@@H]1C(=O)C[C@@H]1C(=O)O[C@H](c3ccoc3)C[C@]12C. The van der Waals surface area contributed by atoms with Crippen LogP contribution in [-0.4, -0.2) is 35.5 Å². The quantitative estimate of drug-likeness (QED) is 0.578. The summed E-state index contributed by atoms with van der Waals surface area (Å²) in [5, 5.41) is 10.6. The summed E-state index contributed by atoms with van der Waals surface area (Å²) in [6.07, 6.45) is 4.84. The number of hydrogen-bond donors (Lipinski definition) is 1. The Bertz CT molecular complexity index is 800. The first kappa shape index (κ1) is 21.1. The molecule has 1 saturated heterocycles. The average molecular weight is 418 g/mol. The third-order valence-electron chi connectivity index (χ3n) is 7.47. The lowest BCUT2D eigenvalue weighted by Crippen LogP contribution is -2.59. The maximum Gasteiger partial charge on any atom is 0.310 e. The monoisotopic (exact) mass is 418 g/mol. The first-order valence-corrected chi connectivity index (χ1v) is 10.9. The van der Waals surface area contributed by atoms with Gasteiger partial charge in [0.05, 0.1) is 37.1 Å². The van der Waals surface area contributed by atoms with Crippen molar-refractivity contribution in [3.05, 3.63) is 24.2 Å². The normalized spacial score (nSPS) is 38.4. The fourth-order valence-electron chi connectivity index (χ4n) is 5.83. The second-order valence-electron chi connectivity index (χ2n) is 9.30. The van der Waals surface area contributed by atoms with E-state index in [-0.39, 0.29) is 30.5 Å². The molecule has 7 atom stereocenters. The number of unbranched alkanes of at least 4 members (excludes halogenated alkanes) is 1. The van der Waals surface area contributed by atoms with Crippen molar-refractivity contribution in [2.24, 2.45) is 29.1 Å². The van der Waals surface area contributed by atoms with Gasteiger partial charge in [0.15, 0.2) is 0 Å². The maximum absolute atomic E-state index is 13.1. The van der Waals surface area contributed by atoms with Crippen LogP contribution in [0, 0.1) is 29.1 Å². The number of hydrogen-bond acceptors (Lipinski definition) is 7. The smallest absolute Gasteiger partial charge is 0.310 e. The summed E-state index contributed by atoms with van der Waals surface area (Å²) in [7, 11) is 0. The number of ketones is 1. The molecule has 0 aromatic carbocycles. The lowest BCUT2D eigenvalue weighted by Gasteiger charge is -2.56.